The lowest BCUT2D eigenvalue weighted by Crippen LogP contribution is -2.43. The van der Waals surface area contributed by atoms with Crippen LogP contribution in [0, 0.1) is 5.82 Å². The molecule has 1 heterocycles. The minimum Gasteiger partial charge on any atom is -0.543 e. The van der Waals surface area contributed by atoms with Gasteiger partial charge < -0.3 is 25.4 Å². The monoisotopic (exact) mass is 422 g/mol. The Morgan fingerprint density at radius 3 is 2.17 bits per heavy atom. The van der Waals surface area contributed by atoms with Crippen molar-refractivity contribution in [1.82, 2.24) is 4.98 Å². The van der Waals surface area contributed by atoms with Crippen LogP contribution >= 0.6 is 0 Å². The molecule has 0 amide bonds. The highest BCUT2D eigenvalue weighted by atomic mass is 28.4. The van der Waals surface area contributed by atoms with Crippen LogP contribution in [0.2, 0.25) is 18.1 Å². The maximum Gasteiger partial charge on any atom is 0.342 e. The van der Waals surface area contributed by atoms with Crippen molar-refractivity contribution in [3.63, 3.8) is 0 Å². The zero-order valence-corrected chi connectivity index (χ0v) is 17.7. The molecule has 0 bridgehead atoms. The van der Waals surface area contributed by atoms with Crippen molar-refractivity contribution in [2.75, 3.05) is 5.73 Å². The number of aromatic nitrogens is 1. The second kappa shape index (κ2) is 7.36. The van der Waals surface area contributed by atoms with Crippen molar-refractivity contribution in [3.05, 3.63) is 45.5 Å². The summed E-state index contributed by atoms with van der Waals surface area (Å²) >= 11 is 0. The van der Waals surface area contributed by atoms with Crippen LogP contribution in [0.5, 0.6) is 5.75 Å². The number of carboxylic acids is 2. The first-order chi connectivity index (χ1) is 13.2. The van der Waals surface area contributed by atoms with E-state index in [2.05, 4.69) is 0 Å². The summed E-state index contributed by atoms with van der Waals surface area (Å²) in [5, 5.41) is 18.8. The Morgan fingerprint density at radius 1 is 1.14 bits per heavy atom. The lowest BCUT2D eigenvalue weighted by molar-refractivity contribution is 0.0695. The molecule has 0 radical (unpaired) electrons. The third-order valence-electron chi connectivity index (χ3n) is 5.06. The second-order valence-electron chi connectivity index (χ2n) is 8.11. The quantitative estimate of drug-likeness (QED) is 0.540. The van der Waals surface area contributed by atoms with Crippen LogP contribution in [0.15, 0.2) is 23.0 Å². The lowest BCUT2D eigenvalue weighted by Gasteiger charge is -2.36. The fourth-order valence-electron chi connectivity index (χ4n) is 2.52. The van der Waals surface area contributed by atoms with Crippen LogP contribution in [0.25, 0.3) is 11.1 Å². The molecular weight excluding hydrogens is 399 g/mol. The number of hydrogen-bond donors (Lipinski definition) is 4. The Hall–Kier alpha value is -3.14. The number of carboxylic acid groups (broad SMARTS) is 2. The summed E-state index contributed by atoms with van der Waals surface area (Å²) in [6, 6.07) is 3.60. The number of nitrogens with two attached hydrogens (primary N) is 1. The van der Waals surface area contributed by atoms with Gasteiger partial charge in [-0.2, -0.15) is 0 Å². The fraction of sp³-hybridized carbons (Fsp3) is 0.316. The molecule has 5 N–H and O–H groups in total. The molecule has 2 aromatic rings. The summed E-state index contributed by atoms with van der Waals surface area (Å²) < 4.78 is 20.8. The number of H-pyrrole nitrogens is 1. The molecule has 2 rings (SSSR count). The Bertz CT molecular complexity index is 1060. The Kier molecular flexibility index (Phi) is 5.62. The minimum absolute atomic E-state index is 0.172. The van der Waals surface area contributed by atoms with Gasteiger partial charge in [0.15, 0.2) is 0 Å². The van der Waals surface area contributed by atoms with E-state index in [4.69, 9.17) is 10.2 Å². The van der Waals surface area contributed by atoms with E-state index in [1.165, 1.54) is 12.1 Å². The third-order valence-corrected chi connectivity index (χ3v) is 9.42. The smallest absolute Gasteiger partial charge is 0.342 e. The predicted molar refractivity (Wildman–Crippen MR) is 109 cm³/mol. The zero-order valence-electron chi connectivity index (χ0n) is 16.7. The maximum absolute atomic E-state index is 14.7. The number of aromatic amines is 1. The number of anilines is 1. The molecule has 0 atom stereocenters. The van der Waals surface area contributed by atoms with Gasteiger partial charge in [0.2, 0.25) is 8.32 Å². The SMILES string of the molecule is CC(C)(C)[Si](C)(C)Oc1ccc(F)c(-c2c(C(=O)O)c(N)[nH]c(=O)c2C(=O)O)c1. The molecule has 0 aliphatic carbocycles. The van der Waals surface area contributed by atoms with Gasteiger partial charge in [-0.15, -0.1) is 0 Å². The fourth-order valence-corrected chi connectivity index (χ4v) is 3.55. The zero-order chi connectivity index (χ0) is 22.3. The van der Waals surface area contributed by atoms with Crippen LogP contribution in [-0.2, 0) is 0 Å². The predicted octanol–water partition coefficient (Wildman–Crippen LogP) is 3.54. The molecule has 0 aliphatic heterocycles. The van der Waals surface area contributed by atoms with E-state index < -0.39 is 59.7 Å². The van der Waals surface area contributed by atoms with Gasteiger partial charge in [-0.3, -0.25) is 4.79 Å². The summed E-state index contributed by atoms with van der Waals surface area (Å²) in [4.78, 5) is 37.5. The van der Waals surface area contributed by atoms with Gasteiger partial charge in [0.1, 0.15) is 28.5 Å². The van der Waals surface area contributed by atoms with Crippen LogP contribution < -0.4 is 15.7 Å². The van der Waals surface area contributed by atoms with E-state index in [0.717, 1.165) is 6.07 Å². The Morgan fingerprint density at radius 2 is 1.69 bits per heavy atom. The highest BCUT2D eigenvalue weighted by Gasteiger charge is 2.39. The average molecular weight is 422 g/mol. The molecular formula is C19H23FN2O6Si. The second-order valence-corrected chi connectivity index (χ2v) is 12.8. The number of benzene rings is 1. The van der Waals surface area contributed by atoms with Crippen molar-refractivity contribution in [2.45, 2.75) is 38.9 Å². The first kappa shape index (κ1) is 22.1. The Balaban J connectivity index is 2.84. The molecule has 0 spiro atoms. The van der Waals surface area contributed by atoms with E-state index >= 15 is 0 Å². The van der Waals surface area contributed by atoms with E-state index in [-0.39, 0.29) is 10.8 Å². The number of nitrogen functional groups attached to an aromatic ring is 1. The van der Waals surface area contributed by atoms with Gasteiger partial charge in [0.25, 0.3) is 5.56 Å². The summed E-state index contributed by atoms with van der Waals surface area (Å²) in [7, 11) is -2.33. The van der Waals surface area contributed by atoms with Crippen molar-refractivity contribution < 1.29 is 28.6 Å². The number of nitrogens with one attached hydrogen (secondary N) is 1. The van der Waals surface area contributed by atoms with Gasteiger partial charge >= 0.3 is 11.9 Å². The average Bonchev–Trinajstić information content (AvgIpc) is 2.53. The van der Waals surface area contributed by atoms with Gasteiger partial charge in [0, 0.05) is 11.1 Å². The first-order valence-electron chi connectivity index (χ1n) is 8.68. The normalized spacial score (nSPS) is 11.9. The molecule has 0 saturated heterocycles. The number of halogens is 1. The van der Waals surface area contributed by atoms with Crippen LogP contribution in [0.3, 0.4) is 0 Å². The number of rotatable bonds is 5. The molecule has 0 aliphatic rings. The van der Waals surface area contributed by atoms with Crippen molar-refractivity contribution >= 4 is 26.1 Å². The minimum atomic E-state index is -2.33. The molecule has 156 valence electrons. The van der Waals surface area contributed by atoms with Crippen LogP contribution in [0.1, 0.15) is 41.5 Å². The van der Waals surface area contributed by atoms with Gasteiger partial charge in [-0.25, -0.2) is 14.0 Å². The first-order valence-corrected chi connectivity index (χ1v) is 11.6. The highest BCUT2D eigenvalue weighted by Crippen LogP contribution is 2.39. The molecule has 29 heavy (non-hydrogen) atoms. The summed E-state index contributed by atoms with van der Waals surface area (Å²) in [6.45, 7) is 9.95. The lowest BCUT2D eigenvalue weighted by atomic mass is 9.95. The Labute approximate surface area is 167 Å². The van der Waals surface area contributed by atoms with E-state index in [1.54, 1.807) is 0 Å². The van der Waals surface area contributed by atoms with Crippen LogP contribution in [0.4, 0.5) is 10.2 Å². The summed E-state index contributed by atoms with van der Waals surface area (Å²) in [5.41, 5.74) is 1.84. The molecule has 0 fully saturated rings. The summed E-state index contributed by atoms with van der Waals surface area (Å²) in [6.07, 6.45) is 0. The summed E-state index contributed by atoms with van der Waals surface area (Å²) in [5.74, 6) is -4.56. The highest BCUT2D eigenvalue weighted by molar-refractivity contribution is 6.74. The number of pyridine rings is 1. The number of carbonyl (C=O) groups is 2. The van der Waals surface area contributed by atoms with Crippen LogP contribution in [-0.4, -0.2) is 35.5 Å². The van der Waals surface area contributed by atoms with Gasteiger partial charge in [0.05, 0.1) is 0 Å². The molecule has 1 aromatic carbocycles. The molecule has 8 nitrogen and oxygen atoms in total. The number of aromatic carboxylic acids is 2. The van der Waals surface area contributed by atoms with E-state index in [1.807, 2.05) is 38.8 Å². The molecule has 1 aromatic heterocycles. The van der Waals surface area contributed by atoms with Gasteiger partial charge in [-0.05, 0) is 36.3 Å². The molecule has 0 unspecified atom stereocenters. The maximum atomic E-state index is 14.7. The van der Waals surface area contributed by atoms with Crippen molar-refractivity contribution in [2.24, 2.45) is 0 Å². The molecule has 10 heteroatoms. The standard InChI is InChI=1S/C19H23FN2O6Si/c1-19(2,3)29(4,5)28-9-6-7-11(20)10(8-9)12-13(17(24)25)15(21)22-16(23)14(12)18(26)27/h6-8H,1-5H3,(H,24,25)(H,26,27)(H3,21,22,23). The van der Waals surface area contributed by atoms with E-state index in [9.17, 15) is 29.0 Å². The number of hydrogen-bond acceptors (Lipinski definition) is 5. The third kappa shape index (κ3) is 4.16. The van der Waals surface area contributed by atoms with Crippen molar-refractivity contribution in [3.8, 4) is 16.9 Å². The largest absolute Gasteiger partial charge is 0.543 e. The topological polar surface area (TPSA) is 143 Å². The molecule has 0 saturated carbocycles. The van der Waals surface area contributed by atoms with E-state index in [0.29, 0.717) is 0 Å². The van der Waals surface area contributed by atoms with Gasteiger partial charge in [-0.1, -0.05) is 20.8 Å². The van der Waals surface area contributed by atoms with Crippen molar-refractivity contribution in [1.29, 1.82) is 0 Å².